The first-order valence-corrected chi connectivity index (χ1v) is 9.20. The Morgan fingerprint density at radius 2 is 2.15 bits per heavy atom. The maximum absolute atomic E-state index is 12.3. The fourth-order valence-corrected chi connectivity index (χ4v) is 3.63. The second-order valence-corrected chi connectivity index (χ2v) is 6.68. The molecule has 2 heterocycles. The highest BCUT2D eigenvalue weighted by Crippen LogP contribution is 2.34. The molecule has 2 N–H and O–H groups in total. The first-order chi connectivity index (χ1) is 12.9. The summed E-state index contributed by atoms with van der Waals surface area (Å²) in [6.07, 6.45) is 1.88. The number of nitrogens with zero attached hydrogens (tertiary/aromatic N) is 2. The lowest BCUT2D eigenvalue weighted by atomic mass is 10.1. The predicted octanol–water partition coefficient (Wildman–Crippen LogP) is 2.69. The Morgan fingerprint density at radius 1 is 1.37 bits per heavy atom. The zero-order chi connectivity index (χ0) is 19.6. The summed E-state index contributed by atoms with van der Waals surface area (Å²) in [7, 11) is 0. The smallest absolute Gasteiger partial charge is 0.342 e. The number of rotatable bonds is 5. The van der Waals surface area contributed by atoms with Crippen LogP contribution < -0.4 is 10.5 Å². The first-order valence-electron chi connectivity index (χ1n) is 9.20. The van der Waals surface area contributed by atoms with E-state index in [1.807, 2.05) is 17.0 Å². The Hall–Kier alpha value is -2.83. The normalized spacial score (nSPS) is 16.6. The van der Waals surface area contributed by atoms with Crippen molar-refractivity contribution in [1.82, 2.24) is 9.88 Å². The van der Waals surface area contributed by atoms with E-state index in [9.17, 15) is 9.59 Å². The van der Waals surface area contributed by atoms with Gasteiger partial charge in [0.05, 0.1) is 34.9 Å². The molecule has 1 aliphatic rings. The van der Waals surface area contributed by atoms with Crippen LogP contribution in [0.4, 0.5) is 5.69 Å². The minimum atomic E-state index is -0.491. The van der Waals surface area contributed by atoms with Gasteiger partial charge in [0.15, 0.2) is 0 Å². The number of nitrogen functional groups attached to an aromatic ring is 1. The Bertz CT molecular complexity index is 881. The van der Waals surface area contributed by atoms with Crippen LogP contribution in [-0.2, 0) is 9.53 Å². The minimum Gasteiger partial charge on any atom is -0.491 e. The number of benzene rings is 1. The number of likely N-dealkylation sites (tertiary alicyclic amines) is 1. The van der Waals surface area contributed by atoms with Crippen molar-refractivity contribution in [2.45, 2.75) is 39.7 Å². The number of aromatic nitrogens is 1. The third-order valence-corrected chi connectivity index (χ3v) is 4.89. The van der Waals surface area contributed by atoms with Gasteiger partial charge >= 0.3 is 5.97 Å². The number of pyridine rings is 1. The van der Waals surface area contributed by atoms with E-state index in [-0.39, 0.29) is 24.1 Å². The number of nitrogens with two attached hydrogens (primary N) is 1. The monoisotopic (exact) mass is 371 g/mol. The van der Waals surface area contributed by atoms with Gasteiger partial charge in [-0.2, -0.15) is 0 Å². The van der Waals surface area contributed by atoms with Gasteiger partial charge in [0.25, 0.3) is 0 Å². The number of amides is 1. The van der Waals surface area contributed by atoms with Crippen LogP contribution in [0.1, 0.15) is 42.7 Å². The van der Waals surface area contributed by atoms with E-state index in [0.717, 1.165) is 19.4 Å². The molecule has 1 aromatic carbocycles. The molecular formula is C20H25N3O4. The van der Waals surface area contributed by atoms with Crippen LogP contribution in [0.3, 0.4) is 0 Å². The van der Waals surface area contributed by atoms with Crippen molar-refractivity contribution in [3.8, 4) is 5.75 Å². The van der Waals surface area contributed by atoms with E-state index >= 15 is 0 Å². The third kappa shape index (κ3) is 3.67. The molecule has 1 atom stereocenters. The topological polar surface area (TPSA) is 94.8 Å². The van der Waals surface area contributed by atoms with E-state index < -0.39 is 5.97 Å². The van der Waals surface area contributed by atoms with E-state index in [2.05, 4.69) is 4.98 Å². The Kier molecular flexibility index (Phi) is 5.48. The van der Waals surface area contributed by atoms with Gasteiger partial charge in [0.1, 0.15) is 17.9 Å². The highest BCUT2D eigenvalue weighted by Gasteiger charge is 2.27. The molecule has 0 radical (unpaired) electrons. The van der Waals surface area contributed by atoms with Crippen molar-refractivity contribution in [3.05, 3.63) is 29.5 Å². The van der Waals surface area contributed by atoms with Crippen LogP contribution in [0.25, 0.3) is 10.9 Å². The molecule has 2 aromatic rings. The Balaban J connectivity index is 1.95. The second-order valence-electron chi connectivity index (χ2n) is 6.68. The molecule has 7 nitrogen and oxygen atoms in total. The maximum Gasteiger partial charge on any atom is 0.342 e. The average Bonchev–Trinajstić information content (AvgIpc) is 3.08. The van der Waals surface area contributed by atoms with Gasteiger partial charge in [0, 0.05) is 13.5 Å². The number of aryl methyl sites for hydroxylation is 1. The number of hydrogen-bond acceptors (Lipinski definition) is 6. The fraction of sp³-hybridized carbons (Fsp3) is 0.450. The number of fused-ring (bicyclic) bond motifs is 1. The van der Waals surface area contributed by atoms with Crippen molar-refractivity contribution in [1.29, 1.82) is 0 Å². The molecule has 0 unspecified atom stereocenters. The summed E-state index contributed by atoms with van der Waals surface area (Å²) < 4.78 is 11.1. The number of esters is 1. The van der Waals surface area contributed by atoms with Crippen LogP contribution in [0, 0.1) is 6.92 Å². The standard InChI is InChI=1S/C20H25N3O4/c1-4-26-20(25)17-12(2)22-15-8-5-9-16(18(15)19(17)21)27-11-14-7-6-10-23(14)13(3)24/h5,8-9,14H,4,6-7,10-11H2,1-3H3,(H2,21,22)/t14-/m0/s1. The summed E-state index contributed by atoms with van der Waals surface area (Å²) in [5.41, 5.74) is 8.08. The highest BCUT2D eigenvalue weighted by molar-refractivity contribution is 6.07. The van der Waals surface area contributed by atoms with E-state index in [1.54, 1.807) is 26.8 Å². The summed E-state index contributed by atoms with van der Waals surface area (Å²) >= 11 is 0. The van der Waals surface area contributed by atoms with Crippen LogP contribution in [-0.4, -0.2) is 47.6 Å². The highest BCUT2D eigenvalue weighted by atomic mass is 16.5. The molecule has 7 heteroatoms. The van der Waals surface area contributed by atoms with Crippen LogP contribution >= 0.6 is 0 Å². The summed E-state index contributed by atoms with van der Waals surface area (Å²) in [5.74, 6) is 0.120. The van der Waals surface area contributed by atoms with E-state index in [4.69, 9.17) is 15.2 Å². The Morgan fingerprint density at radius 3 is 2.85 bits per heavy atom. The molecule has 1 aromatic heterocycles. The zero-order valence-electron chi connectivity index (χ0n) is 15.9. The van der Waals surface area contributed by atoms with Gasteiger partial charge in [-0.1, -0.05) is 6.07 Å². The molecule has 144 valence electrons. The molecule has 1 amide bonds. The zero-order valence-corrected chi connectivity index (χ0v) is 15.9. The number of carbonyl (C=O) groups is 2. The summed E-state index contributed by atoms with van der Waals surface area (Å²) in [5, 5.41) is 0.596. The minimum absolute atomic E-state index is 0.0434. The molecule has 1 saturated heterocycles. The van der Waals surface area contributed by atoms with Crippen molar-refractivity contribution in [3.63, 3.8) is 0 Å². The van der Waals surface area contributed by atoms with E-state index in [1.165, 1.54) is 0 Å². The lowest BCUT2D eigenvalue weighted by Gasteiger charge is -2.24. The molecule has 3 rings (SSSR count). The molecule has 1 fully saturated rings. The van der Waals surface area contributed by atoms with Crippen LogP contribution in [0.5, 0.6) is 5.75 Å². The largest absolute Gasteiger partial charge is 0.491 e. The van der Waals surface area contributed by atoms with Crippen LogP contribution in [0.15, 0.2) is 18.2 Å². The van der Waals surface area contributed by atoms with Crippen LogP contribution in [0.2, 0.25) is 0 Å². The van der Waals surface area contributed by atoms with Gasteiger partial charge in [-0.05, 0) is 38.8 Å². The molecule has 27 heavy (non-hydrogen) atoms. The SMILES string of the molecule is CCOC(=O)c1c(C)nc2cccc(OC[C@@H]3CCCN3C(C)=O)c2c1N. The van der Waals surface area contributed by atoms with Crippen molar-refractivity contribution < 1.29 is 19.1 Å². The van der Waals surface area contributed by atoms with Gasteiger partial charge in [-0.25, -0.2) is 4.79 Å². The first kappa shape index (κ1) is 18.9. The number of ether oxygens (including phenoxy) is 2. The summed E-state index contributed by atoms with van der Waals surface area (Å²) in [4.78, 5) is 30.4. The fourth-order valence-electron chi connectivity index (χ4n) is 3.63. The van der Waals surface area contributed by atoms with Gasteiger partial charge in [-0.15, -0.1) is 0 Å². The van der Waals surface area contributed by atoms with Crippen molar-refractivity contribution in [2.75, 3.05) is 25.5 Å². The quantitative estimate of drug-likeness (QED) is 0.812. The molecule has 0 bridgehead atoms. The predicted molar refractivity (Wildman–Crippen MR) is 103 cm³/mol. The average molecular weight is 371 g/mol. The number of carbonyl (C=O) groups excluding carboxylic acids is 2. The summed E-state index contributed by atoms with van der Waals surface area (Å²) in [6.45, 7) is 6.45. The lowest BCUT2D eigenvalue weighted by Crippen LogP contribution is -2.37. The molecule has 1 aliphatic heterocycles. The van der Waals surface area contributed by atoms with Crippen molar-refractivity contribution in [2.24, 2.45) is 0 Å². The van der Waals surface area contributed by atoms with Crippen molar-refractivity contribution >= 4 is 28.5 Å². The van der Waals surface area contributed by atoms with Gasteiger partial charge in [-0.3, -0.25) is 9.78 Å². The number of hydrogen-bond donors (Lipinski definition) is 1. The summed E-state index contributed by atoms with van der Waals surface area (Å²) in [6, 6.07) is 5.52. The molecule has 0 aliphatic carbocycles. The number of anilines is 1. The molecule has 0 spiro atoms. The molecule has 0 saturated carbocycles. The maximum atomic E-state index is 12.3. The lowest BCUT2D eigenvalue weighted by molar-refractivity contribution is -0.130. The van der Waals surface area contributed by atoms with E-state index in [0.29, 0.717) is 34.6 Å². The van der Waals surface area contributed by atoms with Gasteiger partial charge in [0.2, 0.25) is 5.91 Å². The second kappa shape index (κ2) is 7.82. The molecular weight excluding hydrogens is 346 g/mol. The third-order valence-electron chi connectivity index (χ3n) is 4.89. The Labute approximate surface area is 158 Å². The van der Waals surface area contributed by atoms with Gasteiger partial charge < -0.3 is 20.1 Å².